The highest BCUT2D eigenvalue weighted by molar-refractivity contribution is 5.68. The standard InChI is InChI=1S/C16H14N2O3/c1-10-5-3-6-11(9-10)15-17-16(21-18-15)12-7-4-8-13(20-2)14(12)19/h3-9,19H,1-2H3. The lowest BCUT2D eigenvalue weighted by molar-refractivity contribution is 0.371. The van der Waals surface area contributed by atoms with Gasteiger partial charge in [-0.2, -0.15) is 4.98 Å². The zero-order valence-corrected chi connectivity index (χ0v) is 11.7. The van der Waals surface area contributed by atoms with Crippen LogP contribution in [-0.4, -0.2) is 22.4 Å². The third kappa shape index (κ3) is 2.45. The fraction of sp³-hybridized carbons (Fsp3) is 0.125. The molecule has 5 heteroatoms. The molecule has 0 saturated carbocycles. The smallest absolute Gasteiger partial charge is 0.262 e. The van der Waals surface area contributed by atoms with E-state index in [4.69, 9.17) is 9.26 Å². The van der Waals surface area contributed by atoms with Crippen LogP contribution >= 0.6 is 0 Å². The molecule has 2 aromatic carbocycles. The van der Waals surface area contributed by atoms with Crippen LogP contribution in [0.25, 0.3) is 22.8 Å². The van der Waals surface area contributed by atoms with Gasteiger partial charge in [-0.05, 0) is 25.1 Å². The lowest BCUT2D eigenvalue weighted by Gasteiger charge is -2.04. The molecule has 1 N–H and O–H groups in total. The maximum Gasteiger partial charge on any atom is 0.262 e. The van der Waals surface area contributed by atoms with Gasteiger partial charge in [-0.1, -0.05) is 35.0 Å². The molecular weight excluding hydrogens is 268 g/mol. The molecular formula is C16H14N2O3. The Bertz CT molecular complexity index is 781. The predicted octanol–water partition coefficient (Wildman–Crippen LogP) is 3.43. The minimum atomic E-state index is -0.0144. The average Bonchev–Trinajstić information content (AvgIpc) is 2.97. The summed E-state index contributed by atoms with van der Waals surface area (Å²) in [7, 11) is 1.49. The van der Waals surface area contributed by atoms with Crippen LogP contribution in [0.4, 0.5) is 0 Å². The number of nitrogens with zero attached hydrogens (tertiary/aromatic N) is 2. The van der Waals surface area contributed by atoms with Crippen LogP contribution in [0.1, 0.15) is 5.56 Å². The number of aromatic hydroxyl groups is 1. The van der Waals surface area contributed by atoms with Crippen LogP contribution in [-0.2, 0) is 0 Å². The fourth-order valence-electron chi connectivity index (χ4n) is 2.09. The summed E-state index contributed by atoms with van der Waals surface area (Å²) in [6.07, 6.45) is 0. The number of aryl methyl sites for hydroxylation is 1. The maximum atomic E-state index is 10.1. The number of para-hydroxylation sites is 1. The molecule has 106 valence electrons. The first-order chi connectivity index (χ1) is 10.2. The molecule has 0 aliphatic heterocycles. The number of methoxy groups -OCH3 is 1. The molecule has 21 heavy (non-hydrogen) atoms. The normalized spacial score (nSPS) is 10.6. The SMILES string of the molecule is COc1cccc(-c2nc(-c3cccc(C)c3)no2)c1O. The van der Waals surface area contributed by atoms with E-state index in [1.165, 1.54) is 7.11 Å². The number of hydrogen-bond acceptors (Lipinski definition) is 5. The molecule has 5 nitrogen and oxygen atoms in total. The number of hydrogen-bond donors (Lipinski definition) is 1. The minimum absolute atomic E-state index is 0.0144. The first kappa shape index (κ1) is 13.2. The Morgan fingerprint density at radius 3 is 2.71 bits per heavy atom. The van der Waals surface area contributed by atoms with E-state index in [9.17, 15) is 5.11 Å². The molecule has 3 aromatic rings. The summed E-state index contributed by atoms with van der Waals surface area (Å²) in [5.74, 6) is 1.08. The van der Waals surface area contributed by atoms with Crippen LogP contribution in [0.15, 0.2) is 47.0 Å². The third-order valence-electron chi connectivity index (χ3n) is 3.15. The highest BCUT2D eigenvalue weighted by Gasteiger charge is 2.16. The van der Waals surface area contributed by atoms with Crippen molar-refractivity contribution in [2.24, 2.45) is 0 Å². The summed E-state index contributed by atoms with van der Waals surface area (Å²) in [5.41, 5.74) is 2.43. The van der Waals surface area contributed by atoms with Gasteiger partial charge in [0.05, 0.1) is 12.7 Å². The second kappa shape index (κ2) is 5.28. The van der Waals surface area contributed by atoms with E-state index in [0.717, 1.165) is 11.1 Å². The summed E-state index contributed by atoms with van der Waals surface area (Å²) in [6.45, 7) is 2.00. The summed E-state index contributed by atoms with van der Waals surface area (Å²) < 4.78 is 10.3. The summed E-state index contributed by atoms with van der Waals surface area (Å²) in [5, 5.41) is 14.1. The Morgan fingerprint density at radius 2 is 1.95 bits per heavy atom. The first-order valence-corrected chi connectivity index (χ1v) is 6.46. The van der Waals surface area contributed by atoms with Gasteiger partial charge in [-0.15, -0.1) is 0 Å². The van der Waals surface area contributed by atoms with E-state index in [-0.39, 0.29) is 11.6 Å². The second-order valence-corrected chi connectivity index (χ2v) is 4.65. The molecule has 0 saturated heterocycles. The topological polar surface area (TPSA) is 68.4 Å². The lowest BCUT2D eigenvalue weighted by Crippen LogP contribution is -1.86. The highest BCUT2D eigenvalue weighted by Crippen LogP contribution is 2.36. The zero-order chi connectivity index (χ0) is 14.8. The lowest BCUT2D eigenvalue weighted by atomic mass is 10.1. The molecule has 0 aliphatic carbocycles. The summed E-state index contributed by atoms with van der Waals surface area (Å²) in [6, 6.07) is 12.9. The van der Waals surface area contributed by atoms with Gasteiger partial charge in [0.15, 0.2) is 11.5 Å². The van der Waals surface area contributed by atoms with E-state index in [1.54, 1.807) is 18.2 Å². The maximum absolute atomic E-state index is 10.1. The molecule has 0 unspecified atom stereocenters. The van der Waals surface area contributed by atoms with E-state index < -0.39 is 0 Å². The molecule has 3 rings (SSSR count). The highest BCUT2D eigenvalue weighted by atomic mass is 16.5. The number of rotatable bonds is 3. The molecule has 0 aliphatic rings. The molecule has 0 fully saturated rings. The van der Waals surface area contributed by atoms with Gasteiger partial charge in [-0.25, -0.2) is 0 Å². The number of phenolic OH excluding ortho intramolecular Hbond substituents is 1. The van der Waals surface area contributed by atoms with Gasteiger partial charge < -0.3 is 14.4 Å². The van der Waals surface area contributed by atoms with Crippen molar-refractivity contribution in [2.45, 2.75) is 6.92 Å². The van der Waals surface area contributed by atoms with Crippen LogP contribution in [0.2, 0.25) is 0 Å². The minimum Gasteiger partial charge on any atom is -0.504 e. The van der Waals surface area contributed by atoms with Crippen molar-refractivity contribution in [3.63, 3.8) is 0 Å². The van der Waals surface area contributed by atoms with Crippen molar-refractivity contribution < 1.29 is 14.4 Å². The molecule has 0 amide bonds. The van der Waals surface area contributed by atoms with E-state index in [2.05, 4.69) is 10.1 Å². The molecule has 1 aromatic heterocycles. The average molecular weight is 282 g/mol. The number of ether oxygens (including phenoxy) is 1. The number of aromatic nitrogens is 2. The van der Waals surface area contributed by atoms with Crippen LogP contribution < -0.4 is 4.74 Å². The van der Waals surface area contributed by atoms with Crippen molar-refractivity contribution in [1.29, 1.82) is 0 Å². The number of phenols is 1. The van der Waals surface area contributed by atoms with E-state index >= 15 is 0 Å². The van der Waals surface area contributed by atoms with Crippen molar-refractivity contribution >= 4 is 0 Å². The van der Waals surface area contributed by atoms with Gasteiger partial charge in [0, 0.05) is 5.56 Å². The summed E-state index contributed by atoms with van der Waals surface area (Å²) in [4.78, 5) is 4.33. The Kier molecular flexibility index (Phi) is 3.31. The molecule has 0 bridgehead atoms. The van der Waals surface area contributed by atoms with Crippen molar-refractivity contribution in [3.05, 3.63) is 48.0 Å². The van der Waals surface area contributed by atoms with Crippen molar-refractivity contribution in [2.75, 3.05) is 7.11 Å². The molecule has 0 radical (unpaired) electrons. The Morgan fingerprint density at radius 1 is 1.14 bits per heavy atom. The van der Waals surface area contributed by atoms with Crippen LogP contribution in [0.3, 0.4) is 0 Å². The Balaban J connectivity index is 2.03. The number of benzene rings is 2. The second-order valence-electron chi connectivity index (χ2n) is 4.65. The van der Waals surface area contributed by atoms with Crippen LogP contribution in [0, 0.1) is 6.92 Å². The van der Waals surface area contributed by atoms with E-state index in [1.807, 2.05) is 31.2 Å². The monoisotopic (exact) mass is 282 g/mol. The Hall–Kier alpha value is -2.82. The van der Waals surface area contributed by atoms with Gasteiger partial charge in [0.2, 0.25) is 5.82 Å². The molecule has 1 heterocycles. The quantitative estimate of drug-likeness (QED) is 0.797. The Labute approximate surface area is 121 Å². The largest absolute Gasteiger partial charge is 0.504 e. The van der Waals surface area contributed by atoms with Crippen molar-refractivity contribution in [1.82, 2.24) is 10.1 Å². The molecule has 0 atom stereocenters. The van der Waals surface area contributed by atoms with Gasteiger partial charge in [-0.3, -0.25) is 0 Å². The van der Waals surface area contributed by atoms with Gasteiger partial charge >= 0.3 is 0 Å². The van der Waals surface area contributed by atoms with Crippen molar-refractivity contribution in [3.8, 4) is 34.3 Å². The van der Waals surface area contributed by atoms with Gasteiger partial charge in [0.1, 0.15) is 0 Å². The van der Waals surface area contributed by atoms with Crippen LogP contribution in [0.5, 0.6) is 11.5 Å². The predicted molar refractivity (Wildman–Crippen MR) is 78.1 cm³/mol. The summed E-state index contributed by atoms with van der Waals surface area (Å²) >= 11 is 0. The van der Waals surface area contributed by atoms with Gasteiger partial charge in [0.25, 0.3) is 5.89 Å². The fourth-order valence-corrected chi connectivity index (χ4v) is 2.09. The molecule has 0 spiro atoms. The van der Waals surface area contributed by atoms with E-state index in [0.29, 0.717) is 17.1 Å². The zero-order valence-electron chi connectivity index (χ0n) is 11.7. The first-order valence-electron chi connectivity index (χ1n) is 6.46. The third-order valence-corrected chi connectivity index (χ3v) is 3.15.